The maximum Gasteiger partial charge on any atom is 0.320 e. The van der Waals surface area contributed by atoms with Crippen LogP contribution in [0, 0.1) is 10.1 Å². The molecule has 1 atom stereocenters. The largest absolute Gasteiger partial charge is 0.462 e. The first kappa shape index (κ1) is 23.2. The van der Waals surface area contributed by atoms with E-state index >= 15 is 0 Å². The third-order valence-electron chi connectivity index (χ3n) is 5.28. The Kier molecular flexibility index (Phi) is 8.05. The Morgan fingerprint density at radius 1 is 1.48 bits per heavy atom. The Morgan fingerprint density at radius 2 is 2.29 bits per heavy atom. The van der Waals surface area contributed by atoms with Gasteiger partial charge in [-0.2, -0.15) is 0 Å². The minimum Gasteiger partial charge on any atom is -0.462 e. The van der Waals surface area contributed by atoms with E-state index in [9.17, 15) is 14.9 Å². The molecule has 2 aliphatic rings. The maximum absolute atomic E-state index is 12.2. The molecule has 2 aliphatic heterocycles. The van der Waals surface area contributed by atoms with Crippen LogP contribution in [0.25, 0.3) is 0 Å². The Balaban J connectivity index is 1.67. The topological polar surface area (TPSA) is 101 Å². The first-order valence-electron chi connectivity index (χ1n) is 10.3. The van der Waals surface area contributed by atoms with E-state index in [1.54, 1.807) is 29.1 Å². The smallest absolute Gasteiger partial charge is 0.320 e. The molecule has 0 amide bonds. The van der Waals surface area contributed by atoms with Crippen molar-refractivity contribution >= 4 is 17.6 Å². The van der Waals surface area contributed by atoms with Crippen molar-refractivity contribution < 1.29 is 19.2 Å². The van der Waals surface area contributed by atoms with Gasteiger partial charge in [0.25, 0.3) is 5.70 Å². The SMILES string of the molecule is CCN(Cc1ccc(Cl)nc1)C1=C([N+](=O)[O-])CN(CC(=O)OCC2CCCO2)CN1C. The monoisotopic (exact) mass is 453 g/mol. The van der Waals surface area contributed by atoms with Gasteiger partial charge in [0.2, 0.25) is 0 Å². The Bertz CT molecular complexity index is 813. The van der Waals surface area contributed by atoms with Crippen molar-refractivity contribution in [2.75, 3.05) is 46.6 Å². The highest BCUT2D eigenvalue weighted by Crippen LogP contribution is 2.23. The predicted molar refractivity (Wildman–Crippen MR) is 113 cm³/mol. The summed E-state index contributed by atoms with van der Waals surface area (Å²) in [4.78, 5) is 33.2. The summed E-state index contributed by atoms with van der Waals surface area (Å²) in [6.07, 6.45) is 3.47. The molecule has 1 aromatic heterocycles. The molecule has 1 aromatic rings. The zero-order valence-corrected chi connectivity index (χ0v) is 18.6. The minimum atomic E-state index is -0.408. The lowest BCUT2D eigenvalue weighted by Crippen LogP contribution is -2.49. The second kappa shape index (κ2) is 10.7. The molecular weight excluding hydrogens is 426 g/mol. The zero-order chi connectivity index (χ0) is 22.4. The quantitative estimate of drug-likeness (QED) is 0.240. The van der Waals surface area contributed by atoms with Crippen LogP contribution in [0.4, 0.5) is 0 Å². The van der Waals surface area contributed by atoms with Gasteiger partial charge in [0.05, 0.1) is 30.8 Å². The van der Waals surface area contributed by atoms with Crippen LogP contribution in [0.5, 0.6) is 0 Å². The number of esters is 1. The van der Waals surface area contributed by atoms with Crippen LogP contribution in [-0.2, 0) is 20.8 Å². The van der Waals surface area contributed by atoms with Gasteiger partial charge in [0.15, 0.2) is 5.82 Å². The summed E-state index contributed by atoms with van der Waals surface area (Å²) < 4.78 is 10.8. The van der Waals surface area contributed by atoms with E-state index in [-0.39, 0.29) is 36.4 Å². The zero-order valence-electron chi connectivity index (χ0n) is 17.8. The molecule has 0 saturated carbocycles. The first-order valence-corrected chi connectivity index (χ1v) is 10.7. The van der Waals surface area contributed by atoms with Crippen LogP contribution in [0.3, 0.4) is 0 Å². The van der Waals surface area contributed by atoms with Gasteiger partial charge in [-0.05, 0) is 31.4 Å². The van der Waals surface area contributed by atoms with E-state index in [0.29, 0.717) is 37.3 Å². The van der Waals surface area contributed by atoms with E-state index in [1.807, 2.05) is 17.9 Å². The lowest BCUT2D eigenvalue weighted by atomic mass is 10.2. The number of nitrogens with zero attached hydrogens (tertiary/aromatic N) is 5. The molecule has 0 N–H and O–H groups in total. The predicted octanol–water partition coefficient (Wildman–Crippen LogP) is 1.93. The summed E-state index contributed by atoms with van der Waals surface area (Å²) in [5.74, 6) is 0.126. The number of carbonyl (C=O) groups excluding carboxylic acids is 1. The summed E-state index contributed by atoms with van der Waals surface area (Å²) in [5, 5.41) is 12.3. The Morgan fingerprint density at radius 3 is 2.90 bits per heavy atom. The molecule has 1 saturated heterocycles. The third kappa shape index (κ3) is 6.28. The number of ether oxygens (including phenoxy) is 2. The van der Waals surface area contributed by atoms with Gasteiger partial charge in [-0.15, -0.1) is 0 Å². The van der Waals surface area contributed by atoms with Crippen molar-refractivity contribution in [2.45, 2.75) is 32.4 Å². The number of nitro groups is 1. The van der Waals surface area contributed by atoms with Crippen LogP contribution in [0.15, 0.2) is 29.8 Å². The number of aromatic nitrogens is 1. The van der Waals surface area contributed by atoms with E-state index in [1.165, 1.54) is 0 Å². The molecule has 170 valence electrons. The molecule has 0 aliphatic carbocycles. The Labute approximate surface area is 186 Å². The number of hydrogen-bond acceptors (Lipinski definition) is 9. The molecule has 0 radical (unpaired) electrons. The van der Waals surface area contributed by atoms with Crippen molar-refractivity contribution in [1.29, 1.82) is 0 Å². The molecule has 10 nitrogen and oxygen atoms in total. The number of rotatable bonds is 9. The highest BCUT2D eigenvalue weighted by atomic mass is 35.5. The van der Waals surface area contributed by atoms with Crippen LogP contribution in [-0.4, -0.2) is 83.2 Å². The van der Waals surface area contributed by atoms with Gasteiger partial charge >= 0.3 is 5.97 Å². The molecule has 31 heavy (non-hydrogen) atoms. The summed E-state index contributed by atoms with van der Waals surface area (Å²) in [6, 6.07) is 3.55. The average molecular weight is 454 g/mol. The molecule has 1 unspecified atom stereocenters. The second-order valence-corrected chi connectivity index (χ2v) is 8.06. The van der Waals surface area contributed by atoms with Crippen LogP contribution in [0.1, 0.15) is 25.3 Å². The number of halogens is 1. The lowest BCUT2D eigenvalue weighted by Gasteiger charge is -2.39. The van der Waals surface area contributed by atoms with Crippen molar-refractivity contribution in [3.05, 3.63) is 50.7 Å². The van der Waals surface area contributed by atoms with E-state index in [4.69, 9.17) is 21.1 Å². The fraction of sp³-hybridized carbons (Fsp3) is 0.600. The maximum atomic E-state index is 12.2. The van der Waals surface area contributed by atoms with Crippen molar-refractivity contribution in [3.8, 4) is 0 Å². The molecule has 0 aromatic carbocycles. The number of carbonyl (C=O) groups is 1. The standard InChI is InChI=1S/C20H28ClN5O5/c1-3-25(10-15-6-7-18(21)22-9-15)20-17(26(28)29)11-24(14-23(20)2)12-19(27)31-13-16-5-4-8-30-16/h6-7,9,16H,3-5,8,10-14H2,1-2H3. The van der Waals surface area contributed by atoms with E-state index < -0.39 is 5.97 Å². The van der Waals surface area contributed by atoms with Gasteiger partial charge in [0.1, 0.15) is 11.8 Å². The third-order valence-corrected chi connectivity index (χ3v) is 5.50. The summed E-state index contributed by atoms with van der Waals surface area (Å²) in [5.41, 5.74) is 0.944. The number of pyridine rings is 1. The molecule has 0 bridgehead atoms. The molecule has 11 heteroatoms. The summed E-state index contributed by atoms with van der Waals surface area (Å²) in [6.45, 7) is 4.30. The van der Waals surface area contributed by atoms with Crippen molar-refractivity contribution in [2.24, 2.45) is 0 Å². The fourth-order valence-corrected chi connectivity index (χ4v) is 3.95. The molecule has 1 fully saturated rings. The van der Waals surface area contributed by atoms with Gasteiger partial charge < -0.3 is 19.3 Å². The summed E-state index contributed by atoms with van der Waals surface area (Å²) >= 11 is 5.85. The van der Waals surface area contributed by atoms with E-state index in [2.05, 4.69) is 4.98 Å². The van der Waals surface area contributed by atoms with Crippen molar-refractivity contribution in [3.63, 3.8) is 0 Å². The van der Waals surface area contributed by atoms with Gasteiger partial charge in [0, 0.05) is 32.9 Å². The highest BCUT2D eigenvalue weighted by molar-refractivity contribution is 6.29. The lowest BCUT2D eigenvalue weighted by molar-refractivity contribution is -0.433. The normalized spacial score (nSPS) is 19.6. The second-order valence-electron chi connectivity index (χ2n) is 7.68. The molecule has 3 rings (SSSR count). The molecular formula is C20H28ClN5O5. The van der Waals surface area contributed by atoms with Crippen LogP contribution >= 0.6 is 11.6 Å². The van der Waals surface area contributed by atoms with Gasteiger partial charge in [-0.1, -0.05) is 17.7 Å². The number of hydrogen-bond donors (Lipinski definition) is 0. The van der Waals surface area contributed by atoms with E-state index in [0.717, 1.165) is 18.4 Å². The van der Waals surface area contributed by atoms with Gasteiger partial charge in [-0.25, -0.2) is 4.98 Å². The summed E-state index contributed by atoms with van der Waals surface area (Å²) in [7, 11) is 1.78. The molecule has 0 spiro atoms. The Hall–Kier alpha value is -2.43. The van der Waals surface area contributed by atoms with Crippen LogP contribution in [0.2, 0.25) is 5.15 Å². The fourth-order valence-electron chi connectivity index (χ4n) is 3.84. The minimum absolute atomic E-state index is 0.0189. The average Bonchev–Trinajstić information content (AvgIpc) is 3.25. The first-order chi connectivity index (χ1) is 14.9. The highest BCUT2D eigenvalue weighted by Gasteiger charge is 2.34. The van der Waals surface area contributed by atoms with Crippen LogP contribution < -0.4 is 0 Å². The van der Waals surface area contributed by atoms with Gasteiger partial charge in [-0.3, -0.25) is 19.8 Å². The van der Waals surface area contributed by atoms with Crippen molar-refractivity contribution in [1.82, 2.24) is 19.7 Å². The molecule has 3 heterocycles.